The fourth-order valence-electron chi connectivity index (χ4n) is 5.40. The van der Waals surface area contributed by atoms with E-state index in [1.807, 2.05) is 18.2 Å². The molecule has 0 radical (unpaired) electrons. The molecule has 0 bridgehead atoms. The zero-order valence-corrected chi connectivity index (χ0v) is 25.0. The zero-order chi connectivity index (χ0) is 29.3. The maximum atomic E-state index is 12.7. The lowest BCUT2D eigenvalue weighted by Gasteiger charge is -2.36. The Morgan fingerprint density at radius 3 is 2.76 bits per heavy atom. The van der Waals surface area contributed by atoms with Gasteiger partial charge in [0.15, 0.2) is 6.73 Å². The minimum absolute atomic E-state index is 0.0723. The highest BCUT2D eigenvalue weighted by Gasteiger charge is 2.26. The third kappa shape index (κ3) is 7.27. The number of esters is 1. The number of thiophene rings is 1. The van der Waals surface area contributed by atoms with Gasteiger partial charge in [-0.1, -0.05) is 18.2 Å². The highest BCUT2D eigenvalue weighted by Crippen LogP contribution is 2.32. The van der Waals surface area contributed by atoms with Crippen molar-refractivity contribution in [1.29, 1.82) is 0 Å². The predicted octanol–water partition coefficient (Wildman–Crippen LogP) is 5.82. The molecule has 2 aromatic carbocycles. The van der Waals surface area contributed by atoms with E-state index in [-0.39, 0.29) is 12.6 Å². The summed E-state index contributed by atoms with van der Waals surface area (Å²) < 4.78 is 12.9. The SMILES string of the molecule is C=N/C=C\C=C(/C)C(=O)OCN1C(=O)CCc2ccc(OCCCCN3CCN(c4cccc5sccc45)CC3)cc21. The summed E-state index contributed by atoms with van der Waals surface area (Å²) in [6, 6.07) is 14.7. The summed E-state index contributed by atoms with van der Waals surface area (Å²) in [5, 5.41) is 3.54. The zero-order valence-electron chi connectivity index (χ0n) is 24.2. The van der Waals surface area contributed by atoms with Crippen molar-refractivity contribution in [3.8, 4) is 5.75 Å². The van der Waals surface area contributed by atoms with Crippen molar-refractivity contribution in [2.45, 2.75) is 32.6 Å². The van der Waals surface area contributed by atoms with Crippen LogP contribution in [0.3, 0.4) is 0 Å². The van der Waals surface area contributed by atoms with Crippen molar-refractivity contribution in [3.63, 3.8) is 0 Å². The van der Waals surface area contributed by atoms with E-state index in [4.69, 9.17) is 9.47 Å². The summed E-state index contributed by atoms with van der Waals surface area (Å²) in [4.78, 5) is 35.2. The summed E-state index contributed by atoms with van der Waals surface area (Å²) in [6.45, 7) is 10.8. The summed E-state index contributed by atoms with van der Waals surface area (Å²) >= 11 is 1.80. The Kier molecular flexibility index (Phi) is 10.0. The van der Waals surface area contributed by atoms with E-state index in [1.54, 1.807) is 30.4 Å². The lowest BCUT2D eigenvalue weighted by atomic mass is 10.0. The smallest absolute Gasteiger partial charge is 0.335 e. The Morgan fingerprint density at radius 1 is 1.07 bits per heavy atom. The van der Waals surface area contributed by atoms with Gasteiger partial charge in [0.2, 0.25) is 5.91 Å². The number of hydrogen-bond acceptors (Lipinski definition) is 8. The molecular formula is C33H38N4O4S. The number of fused-ring (bicyclic) bond motifs is 2. The van der Waals surface area contributed by atoms with Gasteiger partial charge in [0, 0.05) is 66.2 Å². The number of aliphatic imine (C=N–C) groups is 1. The second-order valence-electron chi connectivity index (χ2n) is 10.5. The van der Waals surface area contributed by atoms with Crippen molar-refractivity contribution in [1.82, 2.24) is 4.90 Å². The molecule has 0 atom stereocenters. The van der Waals surface area contributed by atoms with Gasteiger partial charge in [-0.3, -0.25) is 19.6 Å². The molecule has 1 fully saturated rings. The van der Waals surface area contributed by atoms with Crippen molar-refractivity contribution in [2.24, 2.45) is 4.99 Å². The Hall–Kier alpha value is -3.95. The number of unbranched alkanes of at least 4 members (excludes halogenated alkanes) is 1. The average molecular weight is 587 g/mol. The van der Waals surface area contributed by atoms with Gasteiger partial charge in [0.25, 0.3) is 0 Å². The minimum atomic E-state index is -0.489. The molecule has 1 amide bonds. The van der Waals surface area contributed by atoms with Gasteiger partial charge in [-0.25, -0.2) is 4.79 Å². The average Bonchev–Trinajstić information content (AvgIpc) is 3.50. The van der Waals surface area contributed by atoms with E-state index >= 15 is 0 Å². The van der Waals surface area contributed by atoms with Gasteiger partial charge in [-0.2, -0.15) is 0 Å². The first-order chi connectivity index (χ1) is 20.5. The molecule has 2 aliphatic heterocycles. The molecule has 3 aromatic rings. The number of hydrogen-bond donors (Lipinski definition) is 0. The van der Waals surface area contributed by atoms with Crippen LogP contribution >= 0.6 is 11.3 Å². The molecule has 0 saturated carbocycles. The van der Waals surface area contributed by atoms with Crippen LogP contribution in [0.2, 0.25) is 0 Å². The van der Waals surface area contributed by atoms with E-state index in [9.17, 15) is 9.59 Å². The van der Waals surface area contributed by atoms with Crippen LogP contribution in [0.15, 0.2) is 76.8 Å². The van der Waals surface area contributed by atoms with Crippen molar-refractivity contribution >= 4 is 51.4 Å². The van der Waals surface area contributed by atoms with Crippen LogP contribution < -0.4 is 14.5 Å². The maximum absolute atomic E-state index is 12.7. The largest absolute Gasteiger partial charge is 0.494 e. The van der Waals surface area contributed by atoms with Crippen molar-refractivity contribution in [2.75, 3.05) is 55.9 Å². The molecule has 5 rings (SSSR count). The van der Waals surface area contributed by atoms with Crippen LogP contribution in [0.1, 0.15) is 31.7 Å². The third-order valence-corrected chi connectivity index (χ3v) is 8.65. The summed E-state index contributed by atoms with van der Waals surface area (Å²) in [7, 11) is 0. The van der Waals surface area contributed by atoms with Crippen LogP contribution in [0, 0.1) is 0 Å². The van der Waals surface area contributed by atoms with Gasteiger partial charge in [-0.05, 0) is 80.7 Å². The monoisotopic (exact) mass is 586 g/mol. The van der Waals surface area contributed by atoms with Gasteiger partial charge in [0.1, 0.15) is 5.75 Å². The van der Waals surface area contributed by atoms with E-state index in [1.165, 1.54) is 26.9 Å². The molecule has 1 saturated heterocycles. The molecule has 0 aliphatic carbocycles. The van der Waals surface area contributed by atoms with E-state index in [2.05, 4.69) is 51.2 Å². The van der Waals surface area contributed by atoms with Crippen LogP contribution in [-0.2, 0) is 20.7 Å². The first-order valence-corrected chi connectivity index (χ1v) is 15.4. The Bertz CT molecular complexity index is 1470. The third-order valence-electron chi connectivity index (χ3n) is 7.76. The topological polar surface area (TPSA) is 74.7 Å². The van der Waals surface area contributed by atoms with Crippen molar-refractivity contribution in [3.05, 3.63) is 77.3 Å². The van der Waals surface area contributed by atoms with Crippen LogP contribution in [0.4, 0.5) is 11.4 Å². The number of ether oxygens (including phenoxy) is 2. The molecule has 0 unspecified atom stereocenters. The van der Waals surface area contributed by atoms with Gasteiger partial charge in [0.05, 0.1) is 12.3 Å². The molecule has 8 nitrogen and oxygen atoms in total. The Labute approximate surface area is 251 Å². The minimum Gasteiger partial charge on any atom is -0.494 e. The number of anilines is 2. The molecule has 9 heteroatoms. The molecule has 42 heavy (non-hydrogen) atoms. The normalized spacial score (nSPS) is 16.2. The predicted molar refractivity (Wildman–Crippen MR) is 171 cm³/mol. The van der Waals surface area contributed by atoms with Crippen LogP contribution in [0.5, 0.6) is 5.75 Å². The quantitative estimate of drug-likeness (QED) is 0.0875. The van der Waals surface area contributed by atoms with E-state index < -0.39 is 5.97 Å². The molecule has 3 heterocycles. The molecular weight excluding hydrogens is 548 g/mol. The number of nitrogens with zero attached hydrogens (tertiary/aromatic N) is 4. The summed E-state index contributed by atoms with van der Waals surface area (Å²) in [5.74, 6) is 0.156. The lowest BCUT2D eigenvalue weighted by Crippen LogP contribution is -2.46. The van der Waals surface area contributed by atoms with Gasteiger partial charge in [-0.15, -0.1) is 11.3 Å². The second-order valence-corrected chi connectivity index (χ2v) is 11.5. The molecule has 220 valence electrons. The van der Waals surface area contributed by atoms with Gasteiger partial charge < -0.3 is 14.4 Å². The van der Waals surface area contributed by atoms with E-state index in [0.717, 1.165) is 56.8 Å². The van der Waals surface area contributed by atoms with Crippen LogP contribution in [0.25, 0.3) is 10.1 Å². The number of allylic oxidation sites excluding steroid dienone is 2. The fraction of sp³-hybridized carbons (Fsp3) is 0.364. The van der Waals surface area contributed by atoms with Gasteiger partial charge >= 0.3 is 5.97 Å². The molecule has 0 N–H and O–H groups in total. The molecule has 2 aliphatic rings. The number of carbonyl (C=O) groups is 2. The number of carbonyl (C=O) groups excluding carboxylic acids is 2. The fourth-order valence-corrected chi connectivity index (χ4v) is 6.20. The lowest BCUT2D eigenvalue weighted by molar-refractivity contribution is -0.139. The molecule has 0 spiro atoms. The first-order valence-electron chi connectivity index (χ1n) is 14.5. The maximum Gasteiger partial charge on any atom is 0.335 e. The number of benzene rings is 2. The second kappa shape index (κ2) is 14.3. The Balaban J connectivity index is 1.06. The highest BCUT2D eigenvalue weighted by molar-refractivity contribution is 7.17. The molecule has 1 aromatic heterocycles. The number of rotatable bonds is 12. The number of piperazine rings is 1. The first kappa shape index (κ1) is 29.5. The van der Waals surface area contributed by atoms with E-state index in [0.29, 0.717) is 30.8 Å². The highest BCUT2D eigenvalue weighted by atomic mass is 32.1. The summed E-state index contributed by atoms with van der Waals surface area (Å²) in [6.07, 6.45) is 7.75. The van der Waals surface area contributed by atoms with Crippen molar-refractivity contribution < 1.29 is 19.1 Å². The summed E-state index contributed by atoms with van der Waals surface area (Å²) in [5.41, 5.74) is 3.55. The number of aryl methyl sites for hydroxylation is 1. The Morgan fingerprint density at radius 2 is 1.93 bits per heavy atom. The number of amides is 1. The standard InChI is InChI=1S/C33H38N4O4S/c1-25(7-6-15-34-2)33(39)41-24-37-30-23-27(12-10-26(30)11-13-32(37)38)40-21-4-3-16-35-17-19-36(20-18-35)29-8-5-9-31-28(29)14-22-42-31/h5-10,12,14-15,22-23H,2-4,11,13,16-21,24H2,1H3/b15-6-,25-7+. The van der Waals surface area contributed by atoms with Crippen LogP contribution in [-0.4, -0.2) is 69.6 Å².